The summed E-state index contributed by atoms with van der Waals surface area (Å²) in [6.45, 7) is 8.84. The second kappa shape index (κ2) is 11.3. The van der Waals surface area contributed by atoms with E-state index in [-0.39, 0.29) is 0 Å². The van der Waals surface area contributed by atoms with Gasteiger partial charge in [-0.05, 0) is 51.3 Å². The van der Waals surface area contributed by atoms with Gasteiger partial charge in [-0.15, -0.1) is 0 Å². The summed E-state index contributed by atoms with van der Waals surface area (Å²) in [5.74, 6) is -0.725. The highest BCUT2D eigenvalue weighted by Gasteiger charge is 2.41. The van der Waals surface area contributed by atoms with Gasteiger partial charge in [-0.3, -0.25) is 5.01 Å². The van der Waals surface area contributed by atoms with Crippen molar-refractivity contribution in [3.05, 3.63) is 94.3 Å². The van der Waals surface area contributed by atoms with E-state index in [0.717, 1.165) is 47.9 Å². The number of ether oxygens (including phenoxy) is 1. The maximum absolute atomic E-state index is 11.0. The third-order valence-electron chi connectivity index (χ3n) is 6.00. The van der Waals surface area contributed by atoms with Gasteiger partial charge in [0.05, 0.1) is 11.2 Å². The van der Waals surface area contributed by atoms with Crippen LogP contribution in [0.5, 0.6) is 0 Å². The van der Waals surface area contributed by atoms with Gasteiger partial charge in [0.25, 0.3) is 0 Å². The lowest BCUT2D eigenvalue weighted by Crippen LogP contribution is -2.64. The maximum Gasteiger partial charge on any atom is 0.328 e. The van der Waals surface area contributed by atoms with E-state index < -0.39 is 23.7 Å². The molecule has 0 saturated carbocycles. The van der Waals surface area contributed by atoms with Crippen molar-refractivity contribution < 1.29 is 29.6 Å². The van der Waals surface area contributed by atoms with Crippen LogP contribution in [0.3, 0.4) is 0 Å². The Balaban J connectivity index is 0.000000392. The van der Waals surface area contributed by atoms with Gasteiger partial charge in [-0.1, -0.05) is 30.3 Å². The molecule has 36 heavy (non-hydrogen) atoms. The molecular formula is C27H33N3O6. The zero-order chi connectivity index (χ0) is 26.5. The zero-order valence-electron chi connectivity index (χ0n) is 20.9. The van der Waals surface area contributed by atoms with E-state index in [1.54, 1.807) is 0 Å². The number of fused-ring (bicyclic) bond motifs is 1. The topological polar surface area (TPSA) is 131 Å². The number of benzene rings is 1. The van der Waals surface area contributed by atoms with E-state index in [1.807, 2.05) is 37.9 Å². The molecule has 0 amide bonds. The standard InChI is InChI=1S/C23H29N3O2.C4H4O4/c1-15-12-18-13-19-20(14-21(18)28-16(15)2)26(22(27)23(3,4)25-19)24-11-10-17-8-6-5-7-9-17;5-3(6)1-2-4(7)8/h5-9,12,14,22,24-25,27H,10-11,13H2,1-4H3;1-2H,(H,5,6)(H,7,8)/b;2-1-/t22-;/m1./s1. The van der Waals surface area contributed by atoms with Gasteiger partial charge >= 0.3 is 11.9 Å². The molecule has 9 heteroatoms. The quantitative estimate of drug-likeness (QED) is 0.378. The number of aliphatic carboxylic acids is 2. The molecular weight excluding hydrogens is 462 g/mol. The van der Waals surface area contributed by atoms with E-state index >= 15 is 0 Å². The highest BCUT2D eigenvalue weighted by atomic mass is 16.5. The van der Waals surface area contributed by atoms with E-state index in [9.17, 15) is 14.7 Å². The van der Waals surface area contributed by atoms with Gasteiger partial charge < -0.3 is 25.4 Å². The van der Waals surface area contributed by atoms with Gasteiger partial charge in [-0.2, -0.15) is 0 Å². The third-order valence-corrected chi connectivity index (χ3v) is 6.00. The second-order valence-corrected chi connectivity index (χ2v) is 9.30. The summed E-state index contributed by atoms with van der Waals surface area (Å²) in [5.41, 5.74) is 8.62. The molecule has 1 aromatic rings. The van der Waals surface area contributed by atoms with Gasteiger partial charge in [0, 0.05) is 42.5 Å². The molecule has 5 N–H and O–H groups in total. The summed E-state index contributed by atoms with van der Waals surface area (Å²) in [6.07, 6.45) is 6.29. The summed E-state index contributed by atoms with van der Waals surface area (Å²) in [6, 6.07) is 10.4. The Morgan fingerprint density at radius 2 is 1.78 bits per heavy atom. The van der Waals surface area contributed by atoms with Crippen LogP contribution in [0.2, 0.25) is 0 Å². The van der Waals surface area contributed by atoms with Crippen molar-refractivity contribution in [2.24, 2.45) is 0 Å². The first-order chi connectivity index (χ1) is 17.0. The fraction of sp³-hybridized carbons (Fsp3) is 0.333. The van der Waals surface area contributed by atoms with Crippen LogP contribution in [0.4, 0.5) is 0 Å². The monoisotopic (exact) mass is 495 g/mol. The van der Waals surface area contributed by atoms with Crippen LogP contribution in [0.25, 0.3) is 0 Å². The molecule has 3 aliphatic rings. The number of hydrogen-bond donors (Lipinski definition) is 5. The number of rotatable bonds is 6. The summed E-state index contributed by atoms with van der Waals surface area (Å²) in [5, 5.41) is 32.0. The molecule has 4 rings (SSSR count). The summed E-state index contributed by atoms with van der Waals surface area (Å²) < 4.78 is 6.04. The molecule has 1 atom stereocenters. The third kappa shape index (κ3) is 6.65. The van der Waals surface area contributed by atoms with Crippen molar-refractivity contribution in [3.8, 4) is 0 Å². The fourth-order valence-corrected chi connectivity index (χ4v) is 4.01. The lowest BCUT2D eigenvalue weighted by Gasteiger charge is -2.48. The number of nitrogens with zero attached hydrogens (tertiary/aromatic N) is 1. The smallest absolute Gasteiger partial charge is 0.328 e. The number of carbonyl (C=O) groups is 2. The number of hydrazine groups is 1. The number of carboxylic acid groups (broad SMARTS) is 2. The molecule has 0 saturated heterocycles. The molecule has 2 heterocycles. The Kier molecular flexibility index (Phi) is 8.39. The maximum atomic E-state index is 11.0. The lowest BCUT2D eigenvalue weighted by atomic mass is 9.90. The Bertz CT molecular complexity index is 1150. The van der Waals surface area contributed by atoms with Crippen LogP contribution in [-0.2, 0) is 20.7 Å². The number of carboxylic acids is 2. The largest absolute Gasteiger partial charge is 0.478 e. The van der Waals surface area contributed by atoms with Crippen molar-refractivity contribution >= 4 is 11.9 Å². The Morgan fingerprint density at radius 1 is 1.14 bits per heavy atom. The minimum Gasteiger partial charge on any atom is -0.478 e. The van der Waals surface area contributed by atoms with Gasteiger partial charge in [-0.25, -0.2) is 15.0 Å². The second-order valence-electron chi connectivity index (χ2n) is 9.30. The number of hydrogen-bond acceptors (Lipinski definition) is 7. The SMILES string of the molecule is CC1=C(C)OC2=CC3=C(CC2=C1)NC(C)(C)[C@@H](O)N3NCCc1ccccc1.O=C(O)/C=C\C(=O)O. The van der Waals surface area contributed by atoms with Crippen molar-refractivity contribution in [2.75, 3.05) is 6.54 Å². The minimum absolute atomic E-state index is 0.471. The van der Waals surface area contributed by atoms with E-state index in [2.05, 4.69) is 48.0 Å². The molecule has 1 aliphatic carbocycles. The summed E-state index contributed by atoms with van der Waals surface area (Å²) in [7, 11) is 0. The lowest BCUT2D eigenvalue weighted by molar-refractivity contribution is -0.134. The molecule has 0 bridgehead atoms. The van der Waals surface area contributed by atoms with Crippen molar-refractivity contribution in [1.29, 1.82) is 0 Å². The molecule has 0 spiro atoms. The first-order valence-corrected chi connectivity index (χ1v) is 11.7. The Morgan fingerprint density at radius 3 is 2.39 bits per heavy atom. The summed E-state index contributed by atoms with van der Waals surface area (Å²) >= 11 is 0. The number of aliphatic hydroxyl groups is 1. The molecule has 0 aromatic heterocycles. The van der Waals surface area contributed by atoms with Gasteiger partial charge in [0.1, 0.15) is 11.5 Å². The first kappa shape index (κ1) is 26.8. The van der Waals surface area contributed by atoms with E-state index in [0.29, 0.717) is 12.2 Å². The molecule has 1 aromatic carbocycles. The van der Waals surface area contributed by atoms with Crippen LogP contribution < -0.4 is 10.7 Å². The Hall–Kier alpha value is -3.82. The number of allylic oxidation sites excluding steroid dienone is 6. The van der Waals surface area contributed by atoms with Gasteiger partial charge in [0.15, 0.2) is 6.23 Å². The van der Waals surface area contributed by atoms with Crippen molar-refractivity contribution in [1.82, 2.24) is 15.8 Å². The predicted molar refractivity (Wildman–Crippen MR) is 135 cm³/mol. The predicted octanol–water partition coefficient (Wildman–Crippen LogP) is 3.20. The molecule has 0 unspecified atom stereocenters. The van der Waals surface area contributed by atoms with Crippen LogP contribution >= 0.6 is 0 Å². The fourth-order valence-electron chi connectivity index (χ4n) is 4.01. The van der Waals surface area contributed by atoms with Gasteiger partial charge in [0.2, 0.25) is 0 Å². The zero-order valence-corrected chi connectivity index (χ0v) is 20.9. The van der Waals surface area contributed by atoms with Crippen molar-refractivity contribution in [3.63, 3.8) is 0 Å². The van der Waals surface area contributed by atoms with E-state index in [1.165, 1.54) is 11.1 Å². The van der Waals surface area contributed by atoms with E-state index in [4.69, 9.17) is 14.9 Å². The molecule has 0 fully saturated rings. The molecule has 2 aliphatic heterocycles. The number of aliphatic hydroxyl groups excluding tert-OH is 1. The van der Waals surface area contributed by atoms with Crippen LogP contribution in [0, 0.1) is 0 Å². The highest BCUT2D eigenvalue weighted by Crippen LogP contribution is 2.39. The average molecular weight is 496 g/mol. The van der Waals surface area contributed by atoms with Crippen molar-refractivity contribution in [2.45, 2.75) is 52.3 Å². The normalized spacial score (nSPS) is 20.2. The Labute approximate surface area is 210 Å². The van der Waals surface area contributed by atoms with Crippen LogP contribution in [0.15, 0.2) is 88.7 Å². The molecule has 192 valence electrons. The molecule has 9 nitrogen and oxygen atoms in total. The highest BCUT2D eigenvalue weighted by molar-refractivity contribution is 5.89. The van der Waals surface area contributed by atoms with Crippen LogP contribution in [0.1, 0.15) is 39.7 Å². The molecule has 0 radical (unpaired) electrons. The number of nitrogens with one attached hydrogen (secondary N) is 2. The first-order valence-electron chi connectivity index (χ1n) is 11.7. The minimum atomic E-state index is -1.26. The summed E-state index contributed by atoms with van der Waals surface area (Å²) in [4.78, 5) is 19.1. The average Bonchev–Trinajstić information content (AvgIpc) is 2.81. The van der Waals surface area contributed by atoms with Crippen LogP contribution in [-0.4, -0.2) is 50.6 Å².